The molecule has 0 radical (unpaired) electrons. The number of hydrogen-bond donors (Lipinski definition) is 1. The third-order valence-electron chi connectivity index (χ3n) is 3.30. The van der Waals surface area contributed by atoms with Gasteiger partial charge in [0, 0.05) is 5.69 Å². The summed E-state index contributed by atoms with van der Waals surface area (Å²) >= 11 is 5.88. The molecule has 1 amide bonds. The first-order valence-corrected chi connectivity index (χ1v) is 8.20. The maximum absolute atomic E-state index is 11.8. The van der Waals surface area contributed by atoms with Crippen LogP contribution in [-0.4, -0.2) is 25.1 Å². The number of esters is 1. The maximum atomic E-state index is 11.8. The van der Waals surface area contributed by atoms with E-state index in [2.05, 4.69) is 5.32 Å². The Morgan fingerprint density at radius 3 is 2.73 bits per heavy atom. The summed E-state index contributed by atoms with van der Waals surface area (Å²) in [6.07, 6.45) is 0.0317. The minimum Gasteiger partial charge on any atom is -0.493 e. The Bertz CT molecular complexity index is 846. The summed E-state index contributed by atoms with van der Waals surface area (Å²) < 4.78 is 10.3. The summed E-state index contributed by atoms with van der Waals surface area (Å²) in [6, 6.07) is 13.9. The molecule has 6 nitrogen and oxygen atoms in total. The van der Waals surface area contributed by atoms with Crippen LogP contribution in [0.5, 0.6) is 5.75 Å². The van der Waals surface area contributed by atoms with E-state index in [0.717, 1.165) is 5.56 Å². The summed E-state index contributed by atoms with van der Waals surface area (Å²) in [5.41, 5.74) is 1.78. The lowest BCUT2D eigenvalue weighted by atomic mass is 10.2. The third-order valence-corrected chi connectivity index (χ3v) is 3.61. The van der Waals surface area contributed by atoms with Gasteiger partial charge in [-0.25, -0.2) is 0 Å². The van der Waals surface area contributed by atoms with Crippen molar-refractivity contribution in [2.24, 2.45) is 0 Å². The molecule has 2 aromatic carbocycles. The van der Waals surface area contributed by atoms with Crippen LogP contribution in [0.2, 0.25) is 5.02 Å². The van der Waals surface area contributed by atoms with Crippen LogP contribution in [0.4, 0.5) is 5.69 Å². The van der Waals surface area contributed by atoms with Gasteiger partial charge in [-0.3, -0.25) is 9.59 Å². The highest BCUT2D eigenvalue weighted by Crippen LogP contribution is 2.20. The molecule has 0 bridgehead atoms. The lowest BCUT2D eigenvalue weighted by Gasteiger charge is -2.08. The van der Waals surface area contributed by atoms with Gasteiger partial charge in [-0.2, -0.15) is 5.26 Å². The zero-order chi connectivity index (χ0) is 18.9. The van der Waals surface area contributed by atoms with Gasteiger partial charge >= 0.3 is 5.97 Å². The maximum Gasteiger partial charge on any atom is 0.309 e. The average Bonchev–Trinajstić information content (AvgIpc) is 2.60. The number of benzene rings is 2. The minimum atomic E-state index is -0.536. The van der Waals surface area contributed by atoms with Crippen LogP contribution in [0.3, 0.4) is 0 Å². The third kappa shape index (κ3) is 6.11. The number of amides is 1. The monoisotopic (exact) mass is 372 g/mol. The first kappa shape index (κ1) is 19.3. The molecule has 0 unspecified atom stereocenters. The first-order valence-electron chi connectivity index (χ1n) is 7.82. The second-order valence-electron chi connectivity index (χ2n) is 5.43. The normalized spacial score (nSPS) is 9.88. The van der Waals surface area contributed by atoms with E-state index in [1.807, 2.05) is 31.2 Å². The van der Waals surface area contributed by atoms with Gasteiger partial charge in [-0.1, -0.05) is 23.7 Å². The number of nitrogens with zero attached hydrogens (tertiary/aromatic N) is 1. The van der Waals surface area contributed by atoms with Crippen molar-refractivity contribution >= 4 is 29.2 Å². The number of carbonyl (C=O) groups excluding carboxylic acids is 2. The second-order valence-corrected chi connectivity index (χ2v) is 5.84. The number of nitriles is 1. The van der Waals surface area contributed by atoms with E-state index < -0.39 is 18.5 Å². The van der Waals surface area contributed by atoms with E-state index in [1.54, 1.807) is 12.1 Å². The molecule has 0 aromatic heterocycles. The number of rotatable bonds is 7. The lowest BCUT2D eigenvalue weighted by Crippen LogP contribution is -2.21. The molecular formula is C19H17ClN2O4. The van der Waals surface area contributed by atoms with Crippen molar-refractivity contribution in [3.63, 3.8) is 0 Å². The summed E-state index contributed by atoms with van der Waals surface area (Å²) in [4.78, 5) is 23.4. The molecule has 0 aliphatic heterocycles. The van der Waals surface area contributed by atoms with Gasteiger partial charge in [0.25, 0.3) is 5.91 Å². The fourth-order valence-corrected chi connectivity index (χ4v) is 2.28. The van der Waals surface area contributed by atoms with Crippen molar-refractivity contribution in [2.45, 2.75) is 13.3 Å². The molecule has 7 heteroatoms. The molecule has 0 spiro atoms. The molecular weight excluding hydrogens is 356 g/mol. The molecule has 2 aromatic rings. The summed E-state index contributed by atoms with van der Waals surface area (Å²) in [5, 5.41) is 11.6. The number of hydrogen-bond acceptors (Lipinski definition) is 5. The molecule has 0 fully saturated rings. The molecule has 2 rings (SSSR count). The van der Waals surface area contributed by atoms with E-state index in [4.69, 9.17) is 26.3 Å². The van der Waals surface area contributed by atoms with Crippen molar-refractivity contribution in [3.8, 4) is 11.8 Å². The van der Waals surface area contributed by atoms with E-state index in [0.29, 0.717) is 17.0 Å². The van der Waals surface area contributed by atoms with E-state index in [1.165, 1.54) is 12.1 Å². The molecule has 0 saturated carbocycles. The first-order chi connectivity index (χ1) is 12.5. The van der Waals surface area contributed by atoms with Gasteiger partial charge in [0.05, 0.1) is 23.6 Å². The Morgan fingerprint density at radius 2 is 2.04 bits per heavy atom. The Balaban J connectivity index is 1.70. The number of anilines is 1. The molecule has 0 aliphatic carbocycles. The second kappa shape index (κ2) is 9.44. The van der Waals surface area contributed by atoms with Crippen molar-refractivity contribution in [3.05, 3.63) is 58.6 Å². The van der Waals surface area contributed by atoms with Crippen LogP contribution in [-0.2, 0) is 14.3 Å². The van der Waals surface area contributed by atoms with Gasteiger partial charge in [-0.15, -0.1) is 0 Å². The van der Waals surface area contributed by atoms with Crippen molar-refractivity contribution in [2.75, 3.05) is 18.5 Å². The largest absolute Gasteiger partial charge is 0.493 e. The number of nitrogens with one attached hydrogen (secondary N) is 1. The summed E-state index contributed by atoms with van der Waals surface area (Å²) in [7, 11) is 0. The molecule has 0 saturated heterocycles. The van der Waals surface area contributed by atoms with Gasteiger partial charge in [0.1, 0.15) is 11.8 Å². The number of carbonyl (C=O) groups is 2. The van der Waals surface area contributed by atoms with Gasteiger partial charge in [0.2, 0.25) is 0 Å². The zero-order valence-corrected chi connectivity index (χ0v) is 14.9. The smallest absolute Gasteiger partial charge is 0.309 e. The molecule has 1 N–H and O–H groups in total. The fourth-order valence-electron chi connectivity index (χ4n) is 2.06. The molecule has 0 aliphatic rings. The van der Waals surface area contributed by atoms with Crippen molar-refractivity contribution in [1.29, 1.82) is 5.26 Å². The Hall–Kier alpha value is -3.04. The van der Waals surface area contributed by atoms with Gasteiger partial charge < -0.3 is 14.8 Å². The number of aryl methyl sites for hydroxylation is 1. The van der Waals surface area contributed by atoms with Crippen molar-refractivity contribution in [1.82, 2.24) is 0 Å². The zero-order valence-electron chi connectivity index (χ0n) is 14.1. The topological polar surface area (TPSA) is 88.4 Å². The quantitative estimate of drug-likeness (QED) is 0.752. The van der Waals surface area contributed by atoms with Gasteiger partial charge in [-0.05, 0) is 42.8 Å². The summed E-state index contributed by atoms with van der Waals surface area (Å²) in [6.45, 7) is 1.69. The lowest BCUT2D eigenvalue weighted by molar-refractivity contribution is -0.147. The fraction of sp³-hybridized carbons (Fsp3) is 0.211. The van der Waals surface area contributed by atoms with Gasteiger partial charge in [0.15, 0.2) is 6.61 Å². The van der Waals surface area contributed by atoms with Crippen LogP contribution in [0.1, 0.15) is 17.5 Å². The van der Waals surface area contributed by atoms with Crippen LogP contribution in [0.25, 0.3) is 0 Å². The molecule has 0 atom stereocenters. The Kier molecular flexibility index (Phi) is 7.01. The van der Waals surface area contributed by atoms with Crippen molar-refractivity contribution < 1.29 is 19.1 Å². The predicted molar refractivity (Wildman–Crippen MR) is 97.0 cm³/mol. The highest BCUT2D eigenvalue weighted by atomic mass is 35.5. The van der Waals surface area contributed by atoms with E-state index in [-0.39, 0.29) is 18.1 Å². The molecule has 134 valence electrons. The highest BCUT2D eigenvalue weighted by molar-refractivity contribution is 6.32. The number of ether oxygens (including phenoxy) is 2. The van der Waals surface area contributed by atoms with Crippen LogP contribution < -0.4 is 10.1 Å². The molecule has 0 heterocycles. The Morgan fingerprint density at radius 1 is 1.23 bits per heavy atom. The minimum absolute atomic E-state index is 0.0317. The van der Waals surface area contributed by atoms with E-state index >= 15 is 0 Å². The average molecular weight is 373 g/mol. The summed E-state index contributed by atoms with van der Waals surface area (Å²) in [5.74, 6) is -0.363. The number of halogens is 1. The van der Waals surface area contributed by atoms with Crippen LogP contribution in [0, 0.1) is 18.3 Å². The van der Waals surface area contributed by atoms with E-state index in [9.17, 15) is 9.59 Å². The predicted octanol–water partition coefficient (Wildman–Crippen LogP) is 3.47. The SMILES string of the molecule is Cc1cccc(OCCC(=O)OCC(=O)Nc2ccc(C#N)c(Cl)c2)c1. The molecule has 26 heavy (non-hydrogen) atoms. The van der Waals surface area contributed by atoms with Crippen LogP contribution in [0.15, 0.2) is 42.5 Å². The Labute approximate surface area is 156 Å². The van der Waals surface area contributed by atoms with Crippen LogP contribution >= 0.6 is 11.6 Å². The standard InChI is InChI=1S/C19H17ClN2O4/c1-13-3-2-4-16(9-13)25-8-7-19(24)26-12-18(23)22-15-6-5-14(11-21)17(20)10-15/h2-6,9-10H,7-8,12H2,1H3,(H,22,23). The highest BCUT2D eigenvalue weighted by Gasteiger charge is 2.09.